The van der Waals surface area contributed by atoms with E-state index >= 15 is 0 Å². The maximum atomic E-state index is 3.64. The van der Waals surface area contributed by atoms with Crippen molar-refractivity contribution in [2.24, 2.45) is 0 Å². The lowest BCUT2D eigenvalue weighted by molar-refractivity contribution is 1.09. The molecule has 1 aliphatic rings. The SMILES string of the molecule is C=C=C1C=C(C=C)C=CN1. The molecule has 1 N–H and O–H groups in total. The maximum Gasteiger partial charge on any atom is 0.0813 e. The molecule has 1 nitrogen and oxygen atoms in total. The minimum Gasteiger partial charge on any atom is -0.355 e. The largest absolute Gasteiger partial charge is 0.355 e. The fourth-order valence-corrected chi connectivity index (χ4v) is 0.713. The highest BCUT2D eigenvalue weighted by Gasteiger charge is 1.94. The first kappa shape index (κ1) is 6.66. The predicted molar refractivity (Wildman–Crippen MR) is 43.2 cm³/mol. The van der Waals surface area contributed by atoms with E-state index in [1.54, 1.807) is 6.08 Å². The van der Waals surface area contributed by atoms with Gasteiger partial charge >= 0.3 is 0 Å². The van der Waals surface area contributed by atoms with E-state index in [9.17, 15) is 0 Å². The van der Waals surface area contributed by atoms with Gasteiger partial charge in [0.2, 0.25) is 0 Å². The van der Waals surface area contributed by atoms with Crippen molar-refractivity contribution >= 4 is 0 Å². The summed E-state index contributed by atoms with van der Waals surface area (Å²) in [7, 11) is 0. The number of rotatable bonds is 1. The van der Waals surface area contributed by atoms with E-state index in [1.807, 2.05) is 18.4 Å². The Morgan fingerprint density at radius 2 is 2.40 bits per heavy atom. The molecule has 0 unspecified atom stereocenters. The third-order valence-corrected chi connectivity index (χ3v) is 1.25. The van der Waals surface area contributed by atoms with Crippen LogP contribution in [0.2, 0.25) is 0 Å². The van der Waals surface area contributed by atoms with Crippen LogP contribution in [0.1, 0.15) is 0 Å². The molecule has 0 aromatic carbocycles. The summed E-state index contributed by atoms with van der Waals surface area (Å²) in [4.78, 5) is 0. The van der Waals surface area contributed by atoms with Gasteiger partial charge in [0.25, 0.3) is 0 Å². The third kappa shape index (κ3) is 1.28. The summed E-state index contributed by atoms with van der Waals surface area (Å²) in [6.07, 6.45) is 7.49. The molecule has 0 aromatic heterocycles. The van der Waals surface area contributed by atoms with E-state index < -0.39 is 0 Å². The first-order valence-corrected chi connectivity index (χ1v) is 3.04. The van der Waals surface area contributed by atoms with Gasteiger partial charge < -0.3 is 5.32 Å². The molecular weight excluding hydrogens is 122 g/mol. The molecular formula is C9H9N. The fourth-order valence-electron chi connectivity index (χ4n) is 0.713. The molecule has 0 radical (unpaired) electrons. The number of nitrogens with one attached hydrogen (secondary N) is 1. The lowest BCUT2D eigenvalue weighted by Crippen LogP contribution is -2.04. The van der Waals surface area contributed by atoms with Crippen molar-refractivity contribution in [3.05, 3.63) is 54.6 Å². The van der Waals surface area contributed by atoms with Crippen LogP contribution in [0.25, 0.3) is 0 Å². The summed E-state index contributed by atoms with van der Waals surface area (Å²) < 4.78 is 0. The molecule has 0 aromatic rings. The lowest BCUT2D eigenvalue weighted by Gasteiger charge is -2.04. The van der Waals surface area contributed by atoms with Crippen molar-refractivity contribution in [3.63, 3.8) is 0 Å². The molecule has 0 saturated heterocycles. The minimum atomic E-state index is 0.886. The first-order valence-electron chi connectivity index (χ1n) is 3.04. The van der Waals surface area contributed by atoms with Gasteiger partial charge in [-0.3, -0.25) is 0 Å². The van der Waals surface area contributed by atoms with E-state index in [1.165, 1.54) is 0 Å². The molecule has 1 rings (SSSR count). The van der Waals surface area contributed by atoms with Crippen LogP contribution in [-0.2, 0) is 0 Å². The molecule has 10 heavy (non-hydrogen) atoms. The molecule has 0 amide bonds. The van der Waals surface area contributed by atoms with Crippen molar-refractivity contribution in [2.45, 2.75) is 0 Å². The van der Waals surface area contributed by atoms with E-state index in [0.717, 1.165) is 11.3 Å². The summed E-state index contributed by atoms with van der Waals surface area (Å²) in [5, 5.41) is 2.97. The van der Waals surface area contributed by atoms with E-state index in [-0.39, 0.29) is 0 Å². The Labute approximate surface area is 60.8 Å². The fraction of sp³-hybridized carbons (Fsp3) is 0. The zero-order chi connectivity index (χ0) is 7.40. The second-order valence-electron chi connectivity index (χ2n) is 1.92. The molecule has 0 bridgehead atoms. The minimum absolute atomic E-state index is 0.886. The van der Waals surface area contributed by atoms with Gasteiger partial charge in [0.15, 0.2) is 0 Å². The Kier molecular flexibility index (Phi) is 1.93. The Morgan fingerprint density at radius 3 is 3.00 bits per heavy atom. The van der Waals surface area contributed by atoms with Crippen molar-refractivity contribution in [1.29, 1.82) is 0 Å². The van der Waals surface area contributed by atoms with Gasteiger partial charge in [-0.1, -0.05) is 19.2 Å². The Hall–Kier alpha value is -1.46. The molecule has 0 aliphatic carbocycles. The Balaban J connectivity index is 2.94. The van der Waals surface area contributed by atoms with Crippen LogP contribution < -0.4 is 5.32 Å². The van der Waals surface area contributed by atoms with Gasteiger partial charge in [-0.25, -0.2) is 0 Å². The Morgan fingerprint density at radius 1 is 1.60 bits per heavy atom. The van der Waals surface area contributed by atoms with Crippen LogP contribution in [-0.4, -0.2) is 0 Å². The summed E-state index contributed by atoms with van der Waals surface area (Å²) in [5.74, 6) is 0. The van der Waals surface area contributed by atoms with Crippen LogP contribution in [0.5, 0.6) is 0 Å². The van der Waals surface area contributed by atoms with Crippen LogP contribution in [0.3, 0.4) is 0 Å². The zero-order valence-corrected chi connectivity index (χ0v) is 5.72. The van der Waals surface area contributed by atoms with Crippen molar-refractivity contribution in [3.8, 4) is 0 Å². The summed E-state index contributed by atoms with van der Waals surface area (Å²) in [6, 6.07) is 0. The van der Waals surface area contributed by atoms with E-state index in [0.29, 0.717) is 0 Å². The van der Waals surface area contributed by atoms with Gasteiger partial charge in [-0.05, 0) is 17.7 Å². The summed E-state index contributed by atoms with van der Waals surface area (Å²) in [5.41, 5.74) is 4.71. The molecule has 1 aliphatic heterocycles. The highest BCUT2D eigenvalue weighted by Crippen LogP contribution is 2.06. The molecule has 50 valence electrons. The zero-order valence-electron chi connectivity index (χ0n) is 5.72. The topological polar surface area (TPSA) is 12.0 Å². The molecule has 1 heteroatoms. The lowest BCUT2D eigenvalue weighted by atomic mass is 10.2. The van der Waals surface area contributed by atoms with E-state index in [2.05, 4.69) is 24.2 Å². The van der Waals surface area contributed by atoms with Gasteiger partial charge in [-0.2, -0.15) is 0 Å². The number of allylic oxidation sites excluding steroid dienone is 4. The third-order valence-electron chi connectivity index (χ3n) is 1.25. The molecule has 0 fully saturated rings. The average molecular weight is 131 g/mol. The molecule has 0 atom stereocenters. The first-order chi connectivity index (χ1) is 4.86. The van der Waals surface area contributed by atoms with Gasteiger partial charge in [0.05, 0.1) is 5.70 Å². The molecule has 1 heterocycles. The number of hydrogen-bond donors (Lipinski definition) is 1. The van der Waals surface area contributed by atoms with Crippen LogP contribution in [0.15, 0.2) is 54.6 Å². The maximum absolute atomic E-state index is 3.64. The average Bonchev–Trinajstić information content (AvgIpc) is 2.05. The molecule has 0 saturated carbocycles. The molecule has 0 spiro atoms. The predicted octanol–water partition coefficient (Wildman–Crippen LogP) is 1.88. The van der Waals surface area contributed by atoms with Gasteiger partial charge in [0.1, 0.15) is 0 Å². The number of hydrogen-bond acceptors (Lipinski definition) is 1. The second kappa shape index (κ2) is 2.90. The van der Waals surface area contributed by atoms with Crippen LogP contribution >= 0.6 is 0 Å². The quantitative estimate of drug-likeness (QED) is 0.536. The monoisotopic (exact) mass is 131 g/mol. The van der Waals surface area contributed by atoms with Gasteiger partial charge in [-0.15, -0.1) is 5.73 Å². The van der Waals surface area contributed by atoms with Crippen LogP contribution in [0.4, 0.5) is 0 Å². The van der Waals surface area contributed by atoms with Gasteiger partial charge in [0, 0.05) is 6.20 Å². The Bertz CT molecular complexity index is 250. The summed E-state index contributed by atoms with van der Waals surface area (Å²) in [6.45, 7) is 7.16. The second-order valence-corrected chi connectivity index (χ2v) is 1.92. The highest BCUT2D eigenvalue weighted by atomic mass is 14.8. The van der Waals surface area contributed by atoms with E-state index in [4.69, 9.17) is 0 Å². The highest BCUT2D eigenvalue weighted by molar-refractivity contribution is 5.39. The van der Waals surface area contributed by atoms with Crippen molar-refractivity contribution in [2.75, 3.05) is 0 Å². The van der Waals surface area contributed by atoms with Crippen LogP contribution in [0, 0.1) is 0 Å². The van der Waals surface area contributed by atoms with Crippen molar-refractivity contribution < 1.29 is 0 Å². The summed E-state index contributed by atoms with van der Waals surface area (Å²) >= 11 is 0. The number of dihydropyridines is 1. The smallest absolute Gasteiger partial charge is 0.0813 e. The normalized spacial score (nSPS) is 15.2. The standard InChI is InChI=1S/C9H9N/c1-3-8-5-6-10-9(4-2)7-8/h3,5-7,10H,1-2H2. The van der Waals surface area contributed by atoms with Crippen molar-refractivity contribution in [1.82, 2.24) is 5.32 Å².